The van der Waals surface area contributed by atoms with Crippen molar-refractivity contribution >= 4 is 11.0 Å². The molecule has 2 aromatic rings. The number of aromatic nitrogens is 2. The van der Waals surface area contributed by atoms with Crippen molar-refractivity contribution in [3.8, 4) is 0 Å². The van der Waals surface area contributed by atoms with Gasteiger partial charge < -0.3 is 10.3 Å². The van der Waals surface area contributed by atoms with Crippen LogP contribution in [0.5, 0.6) is 0 Å². The quantitative estimate of drug-likeness (QED) is 0.818. The molecule has 3 heteroatoms. The molecule has 0 saturated heterocycles. The topological polar surface area (TPSA) is 43.8 Å². The molecular formula is C18H29N3. The first-order valence-electron chi connectivity index (χ1n) is 8.31. The lowest BCUT2D eigenvalue weighted by Crippen LogP contribution is -2.18. The Kier molecular flexibility index (Phi) is 5.40. The van der Waals surface area contributed by atoms with Crippen molar-refractivity contribution in [3.05, 3.63) is 29.6 Å². The third kappa shape index (κ3) is 3.65. The fourth-order valence-electron chi connectivity index (χ4n) is 2.86. The van der Waals surface area contributed by atoms with Crippen molar-refractivity contribution in [1.29, 1.82) is 0 Å². The summed E-state index contributed by atoms with van der Waals surface area (Å²) in [6.07, 6.45) is 4.38. The van der Waals surface area contributed by atoms with E-state index in [4.69, 9.17) is 10.7 Å². The number of hydrogen-bond donors (Lipinski definition) is 1. The normalized spacial score (nSPS) is 13.2. The van der Waals surface area contributed by atoms with Gasteiger partial charge in [0, 0.05) is 6.54 Å². The van der Waals surface area contributed by atoms with Gasteiger partial charge in [0.1, 0.15) is 5.82 Å². The Labute approximate surface area is 128 Å². The number of imidazole rings is 1. The molecule has 1 aromatic heterocycles. The molecule has 2 N–H and O–H groups in total. The van der Waals surface area contributed by atoms with Crippen molar-refractivity contribution in [1.82, 2.24) is 9.55 Å². The molecule has 0 aliphatic carbocycles. The third-order valence-electron chi connectivity index (χ3n) is 4.04. The number of hydrogen-bond acceptors (Lipinski definition) is 2. The van der Waals surface area contributed by atoms with Crippen LogP contribution in [0.25, 0.3) is 11.0 Å². The maximum absolute atomic E-state index is 6.42. The Hall–Kier alpha value is -1.35. The van der Waals surface area contributed by atoms with Gasteiger partial charge in [-0.05, 0) is 42.9 Å². The van der Waals surface area contributed by atoms with Crippen LogP contribution < -0.4 is 5.73 Å². The molecule has 0 aliphatic heterocycles. The van der Waals surface area contributed by atoms with E-state index in [1.807, 2.05) is 0 Å². The zero-order chi connectivity index (χ0) is 15.4. The Balaban J connectivity index is 2.45. The van der Waals surface area contributed by atoms with Crippen LogP contribution in [0.2, 0.25) is 0 Å². The van der Waals surface area contributed by atoms with Gasteiger partial charge in [-0.3, -0.25) is 0 Å². The molecule has 116 valence electrons. The molecule has 21 heavy (non-hydrogen) atoms. The van der Waals surface area contributed by atoms with E-state index in [-0.39, 0.29) is 6.04 Å². The molecule has 0 spiro atoms. The summed E-state index contributed by atoms with van der Waals surface area (Å²) in [5.41, 5.74) is 10.1. The summed E-state index contributed by atoms with van der Waals surface area (Å²) in [7, 11) is 0. The molecule has 1 atom stereocenters. The van der Waals surface area contributed by atoms with Gasteiger partial charge >= 0.3 is 0 Å². The number of nitrogens with two attached hydrogens (primary N) is 1. The molecular weight excluding hydrogens is 258 g/mol. The molecule has 0 amide bonds. The van der Waals surface area contributed by atoms with Gasteiger partial charge in [0.05, 0.1) is 17.1 Å². The van der Waals surface area contributed by atoms with E-state index in [9.17, 15) is 0 Å². The highest BCUT2D eigenvalue weighted by molar-refractivity contribution is 5.77. The maximum Gasteiger partial charge on any atom is 0.126 e. The molecule has 0 saturated carbocycles. The summed E-state index contributed by atoms with van der Waals surface area (Å²) >= 11 is 0. The van der Waals surface area contributed by atoms with Crippen LogP contribution in [-0.2, 0) is 13.0 Å². The molecule has 1 aromatic carbocycles. The number of rotatable bonds is 7. The van der Waals surface area contributed by atoms with Gasteiger partial charge in [-0.2, -0.15) is 0 Å². The predicted octanol–water partition coefficient (Wildman–Crippen LogP) is 4.44. The largest absolute Gasteiger partial charge is 0.327 e. The van der Waals surface area contributed by atoms with Gasteiger partial charge in [0.2, 0.25) is 0 Å². The predicted molar refractivity (Wildman–Crippen MR) is 90.4 cm³/mol. The minimum Gasteiger partial charge on any atom is -0.327 e. The van der Waals surface area contributed by atoms with Gasteiger partial charge in [0.25, 0.3) is 0 Å². The molecule has 3 nitrogen and oxygen atoms in total. The van der Waals surface area contributed by atoms with Crippen LogP contribution in [0.4, 0.5) is 0 Å². The third-order valence-corrected chi connectivity index (χ3v) is 4.04. The lowest BCUT2D eigenvalue weighted by molar-refractivity contribution is 0.472. The van der Waals surface area contributed by atoms with E-state index < -0.39 is 0 Å². The average Bonchev–Trinajstić information content (AvgIpc) is 2.82. The van der Waals surface area contributed by atoms with Crippen LogP contribution in [0, 0.1) is 5.92 Å². The van der Waals surface area contributed by atoms with Crippen LogP contribution in [0.15, 0.2) is 18.2 Å². The fraction of sp³-hybridized carbons (Fsp3) is 0.611. The Bertz CT molecular complexity index is 583. The molecule has 0 fully saturated rings. The van der Waals surface area contributed by atoms with Gasteiger partial charge in [0.15, 0.2) is 0 Å². The number of benzene rings is 1. The first-order chi connectivity index (χ1) is 10.1. The summed E-state index contributed by atoms with van der Waals surface area (Å²) in [6, 6.07) is 6.66. The summed E-state index contributed by atoms with van der Waals surface area (Å²) in [6.45, 7) is 9.85. The van der Waals surface area contributed by atoms with Crippen LogP contribution in [0.3, 0.4) is 0 Å². The SMILES string of the molecule is CCCCn1c(C(N)CC(C)C)nc2cc(CC)ccc21. The summed E-state index contributed by atoms with van der Waals surface area (Å²) in [5, 5.41) is 0. The monoisotopic (exact) mass is 287 g/mol. The van der Waals surface area contributed by atoms with Crippen LogP contribution >= 0.6 is 0 Å². The Morgan fingerprint density at radius 2 is 2.00 bits per heavy atom. The second kappa shape index (κ2) is 7.08. The van der Waals surface area contributed by atoms with E-state index in [1.165, 1.54) is 23.9 Å². The summed E-state index contributed by atoms with van der Waals surface area (Å²) < 4.78 is 2.34. The van der Waals surface area contributed by atoms with Crippen molar-refractivity contribution in [2.45, 2.75) is 66.0 Å². The Morgan fingerprint density at radius 1 is 1.24 bits per heavy atom. The number of nitrogens with zero attached hydrogens (tertiary/aromatic N) is 2. The molecule has 2 rings (SSSR count). The summed E-state index contributed by atoms with van der Waals surface area (Å²) in [4.78, 5) is 4.87. The Morgan fingerprint density at radius 3 is 2.62 bits per heavy atom. The minimum atomic E-state index is 0.0272. The average molecular weight is 287 g/mol. The van der Waals surface area contributed by atoms with Crippen molar-refractivity contribution in [2.24, 2.45) is 11.7 Å². The smallest absolute Gasteiger partial charge is 0.126 e. The lowest BCUT2D eigenvalue weighted by Gasteiger charge is -2.16. The maximum atomic E-state index is 6.42. The van der Waals surface area contributed by atoms with Gasteiger partial charge in [-0.25, -0.2) is 4.98 Å². The molecule has 1 unspecified atom stereocenters. The van der Waals surface area contributed by atoms with E-state index >= 15 is 0 Å². The van der Waals surface area contributed by atoms with E-state index in [1.54, 1.807) is 0 Å². The fourth-order valence-corrected chi connectivity index (χ4v) is 2.86. The molecule has 1 heterocycles. The number of unbranched alkanes of at least 4 members (excludes halogenated alkanes) is 1. The molecule has 0 radical (unpaired) electrons. The van der Waals surface area contributed by atoms with Gasteiger partial charge in [-0.1, -0.05) is 40.2 Å². The highest BCUT2D eigenvalue weighted by Gasteiger charge is 2.18. The van der Waals surface area contributed by atoms with Crippen molar-refractivity contribution in [2.75, 3.05) is 0 Å². The number of fused-ring (bicyclic) bond motifs is 1. The second-order valence-electron chi connectivity index (χ2n) is 6.39. The minimum absolute atomic E-state index is 0.0272. The van der Waals surface area contributed by atoms with E-state index in [2.05, 4.69) is 50.5 Å². The lowest BCUT2D eigenvalue weighted by atomic mass is 10.0. The number of aryl methyl sites for hydroxylation is 2. The molecule has 0 bridgehead atoms. The van der Waals surface area contributed by atoms with Crippen molar-refractivity contribution < 1.29 is 0 Å². The first-order valence-corrected chi connectivity index (χ1v) is 8.31. The van der Waals surface area contributed by atoms with Crippen LogP contribution in [0.1, 0.15) is 64.4 Å². The standard InChI is InChI=1S/C18H29N3/c1-5-7-10-21-17-9-8-14(6-2)12-16(17)20-18(21)15(19)11-13(3)4/h8-9,12-13,15H,5-7,10-11,19H2,1-4H3. The van der Waals surface area contributed by atoms with E-state index in [0.29, 0.717) is 5.92 Å². The van der Waals surface area contributed by atoms with E-state index in [0.717, 1.165) is 30.7 Å². The first kappa shape index (κ1) is 16.0. The molecule has 0 aliphatic rings. The summed E-state index contributed by atoms with van der Waals surface area (Å²) in [5.74, 6) is 1.64. The zero-order valence-corrected chi connectivity index (χ0v) is 13.9. The zero-order valence-electron chi connectivity index (χ0n) is 13.9. The van der Waals surface area contributed by atoms with Crippen LogP contribution in [-0.4, -0.2) is 9.55 Å². The highest BCUT2D eigenvalue weighted by Crippen LogP contribution is 2.25. The van der Waals surface area contributed by atoms with Gasteiger partial charge in [-0.15, -0.1) is 0 Å². The highest BCUT2D eigenvalue weighted by atomic mass is 15.1. The second-order valence-corrected chi connectivity index (χ2v) is 6.39. The van der Waals surface area contributed by atoms with Crippen molar-refractivity contribution in [3.63, 3.8) is 0 Å².